The second-order valence-corrected chi connectivity index (χ2v) is 2.99. The summed E-state index contributed by atoms with van der Waals surface area (Å²) in [6.07, 6.45) is -9.28. The highest BCUT2D eigenvalue weighted by molar-refractivity contribution is 5.80. The molecule has 0 aliphatic heterocycles. The van der Waals surface area contributed by atoms with E-state index in [4.69, 9.17) is 0 Å². The number of carbonyl (C=O) groups excluding carboxylic acids is 1. The van der Waals surface area contributed by atoms with Crippen molar-refractivity contribution in [1.29, 1.82) is 0 Å². The van der Waals surface area contributed by atoms with Crippen LogP contribution in [0, 0.1) is 10.1 Å². The molecule has 0 saturated heterocycles. The summed E-state index contributed by atoms with van der Waals surface area (Å²) < 4.78 is 62.3. The molecule has 0 aromatic carbocycles. The number of carbonyl (C=O) groups is 1. The lowest BCUT2D eigenvalue weighted by Gasteiger charge is -2.12. The maximum atomic E-state index is 12.5. The first kappa shape index (κ1) is 13.9. The van der Waals surface area contributed by atoms with Gasteiger partial charge in [0.2, 0.25) is 0 Å². The van der Waals surface area contributed by atoms with E-state index in [-0.39, 0.29) is 12.5 Å². The Kier molecular flexibility index (Phi) is 3.58. The zero-order valence-corrected chi connectivity index (χ0v) is 8.24. The van der Waals surface area contributed by atoms with Crippen LogP contribution in [0.5, 0.6) is 0 Å². The zero-order valence-electron chi connectivity index (χ0n) is 8.24. The lowest BCUT2D eigenvalue weighted by molar-refractivity contribution is -0.387. The molecule has 0 unspecified atom stereocenters. The first-order valence-corrected chi connectivity index (χ1v) is 4.18. The molecule has 0 N–H and O–H groups in total. The zero-order chi connectivity index (χ0) is 14.1. The van der Waals surface area contributed by atoms with Gasteiger partial charge in [-0.2, -0.15) is 13.2 Å². The summed E-state index contributed by atoms with van der Waals surface area (Å²) in [4.78, 5) is 22.2. The minimum atomic E-state index is -5.23. The van der Waals surface area contributed by atoms with E-state index in [1.165, 1.54) is 0 Å². The predicted octanol–water partition coefficient (Wildman–Crippen LogP) is 2.76. The van der Waals surface area contributed by atoms with Crippen LogP contribution in [0.15, 0.2) is 6.20 Å². The largest absolute Gasteiger partial charge is 0.418 e. The van der Waals surface area contributed by atoms with E-state index in [9.17, 15) is 36.9 Å². The fraction of sp³-hybridized carbons (Fsp3) is 0.250. The molecule has 1 aromatic heterocycles. The number of aromatic nitrogens is 1. The van der Waals surface area contributed by atoms with Crippen LogP contribution in [-0.2, 0) is 6.18 Å². The SMILES string of the molecule is O=Cc1ncc(C(F)(F)F)c(C(F)F)c1[N+](=O)[O-]. The van der Waals surface area contributed by atoms with Gasteiger partial charge in [0.05, 0.1) is 10.5 Å². The van der Waals surface area contributed by atoms with Crippen molar-refractivity contribution in [2.24, 2.45) is 0 Å². The fourth-order valence-electron chi connectivity index (χ4n) is 1.26. The minimum absolute atomic E-state index is 0.0295. The quantitative estimate of drug-likeness (QED) is 0.366. The minimum Gasteiger partial charge on any atom is -0.296 e. The third-order valence-electron chi connectivity index (χ3n) is 1.94. The Hall–Kier alpha value is -2.13. The molecule has 10 heteroatoms. The molecule has 0 spiro atoms. The van der Waals surface area contributed by atoms with Gasteiger partial charge in [-0.1, -0.05) is 0 Å². The number of halogens is 5. The molecule has 1 rings (SSSR count). The normalized spacial score (nSPS) is 11.7. The summed E-state index contributed by atoms with van der Waals surface area (Å²) in [5.74, 6) is 0. The third-order valence-corrected chi connectivity index (χ3v) is 1.94. The van der Waals surface area contributed by atoms with Crippen molar-refractivity contribution in [2.45, 2.75) is 12.6 Å². The molecule has 18 heavy (non-hydrogen) atoms. The molecule has 0 atom stereocenters. The molecule has 0 fully saturated rings. The lowest BCUT2D eigenvalue weighted by Crippen LogP contribution is -2.14. The molecule has 1 heterocycles. The number of rotatable bonds is 3. The van der Waals surface area contributed by atoms with Crippen molar-refractivity contribution in [3.8, 4) is 0 Å². The van der Waals surface area contributed by atoms with Crippen LogP contribution in [-0.4, -0.2) is 16.2 Å². The van der Waals surface area contributed by atoms with Gasteiger partial charge >= 0.3 is 11.9 Å². The van der Waals surface area contributed by atoms with Gasteiger partial charge in [0.1, 0.15) is 5.56 Å². The van der Waals surface area contributed by atoms with Crippen LogP contribution in [0.4, 0.5) is 27.6 Å². The Morgan fingerprint density at radius 1 is 1.39 bits per heavy atom. The standard InChI is InChI=1S/C8H3F5N2O3/c9-7(10)5-3(8(11,12)13)1-14-4(2-16)6(5)15(17)18/h1-2,7H. The summed E-state index contributed by atoms with van der Waals surface area (Å²) in [5.41, 5.74) is -6.50. The van der Waals surface area contributed by atoms with Gasteiger partial charge in [0.25, 0.3) is 6.43 Å². The Bertz CT molecular complexity index is 500. The van der Waals surface area contributed by atoms with Crippen LogP contribution in [0.2, 0.25) is 0 Å². The topological polar surface area (TPSA) is 73.1 Å². The van der Waals surface area contributed by atoms with Crippen molar-refractivity contribution in [2.75, 3.05) is 0 Å². The van der Waals surface area contributed by atoms with Crippen molar-refractivity contribution in [3.63, 3.8) is 0 Å². The van der Waals surface area contributed by atoms with Gasteiger partial charge in [-0.15, -0.1) is 0 Å². The van der Waals surface area contributed by atoms with Gasteiger partial charge < -0.3 is 0 Å². The maximum absolute atomic E-state index is 12.5. The van der Waals surface area contributed by atoms with Crippen molar-refractivity contribution < 1.29 is 31.7 Å². The molecule has 5 nitrogen and oxygen atoms in total. The maximum Gasteiger partial charge on any atom is 0.418 e. The second kappa shape index (κ2) is 4.63. The average Bonchev–Trinajstić information content (AvgIpc) is 2.25. The Labute approximate surface area is 95.4 Å². The molecule has 98 valence electrons. The van der Waals surface area contributed by atoms with E-state index in [2.05, 4.69) is 4.98 Å². The van der Waals surface area contributed by atoms with E-state index >= 15 is 0 Å². The number of hydrogen-bond acceptors (Lipinski definition) is 4. The molecular formula is C8H3F5N2O3. The van der Waals surface area contributed by atoms with E-state index in [1.807, 2.05) is 0 Å². The van der Waals surface area contributed by atoms with Crippen molar-refractivity contribution in [1.82, 2.24) is 4.98 Å². The summed E-state index contributed by atoms with van der Waals surface area (Å²) in [6, 6.07) is 0. The number of nitrogens with zero attached hydrogens (tertiary/aromatic N) is 2. The number of pyridine rings is 1. The van der Waals surface area contributed by atoms with Crippen LogP contribution >= 0.6 is 0 Å². The fourth-order valence-corrected chi connectivity index (χ4v) is 1.26. The summed E-state index contributed by atoms with van der Waals surface area (Å²) >= 11 is 0. The van der Waals surface area contributed by atoms with Gasteiger partial charge in [-0.05, 0) is 0 Å². The van der Waals surface area contributed by atoms with Crippen LogP contribution in [0.1, 0.15) is 28.0 Å². The molecule has 0 aliphatic rings. The monoisotopic (exact) mass is 270 g/mol. The number of hydrogen-bond donors (Lipinski definition) is 0. The van der Waals surface area contributed by atoms with Crippen molar-refractivity contribution in [3.05, 3.63) is 33.1 Å². The molecule has 0 saturated carbocycles. The predicted molar refractivity (Wildman–Crippen MR) is 46.2 cm³/mol. The van der Waals surface area contributed by atoms with Gasteiger partial charge in [0, 0.05) is 6.20 Å². The van der Waals surface area contributed by atoms with E-state index in [0.29, 0.717) is 0 Å². The average molecular weight is 270 g/mol. The molecule has 1 aromatic rings. The first-order chi connectivity index (χ1) is 8.20. The third kappa shape index (κ3) is 2.41. The Balaban J connectivity index is 3.74. The Morgan fingerprint density at radius 3 is 2.28 bits per heavy atom. The molecule has 0 amide bonds. The molecule has 0 aliphatic carbocycles. The molecule has 0 bridgehead atoms. The van der Waals surface area contributed by atoms with Crippen LogP contribution in [0.3, 0.4) is 0 Å². The van der Waals surface area contributed by atoms with Gasteiger partial charge in [-0.25, -0.2) is 13.8 Å². The first-order valence-electron chi connectivity index (χ1n) is 4.18. The highest BCUT2D eigenvalue weighted by atomic mass is 19.4. The number of alkyl halides is 5. The van der Waals surface area contributed by atoms with E-state index < -0.39 is 40.0 Å². The smallest absolute Gasteiger partial charge is 0.296 e. The van der Waals surface area contributed by atoms with Gasteiger partial charge in [0.15, 0.2) is 12.0 Å². The summed E-state index contributed by atoms with van der Waals surface area (Å²) in [5, 5.41) is 10.5. The van der Waals surface area contributed by atoms with Crippen LogP contribution in [0.25, 0.3) is 0 Å². The lowest BCUT2D eigenvalue weighted by atomic mass is 10.1. The van der Waals surface area contributed by atoms with Crippen molar-refractivity contribution >= 4 is 12.0 Å². The summed E-state index contributed by atoms with van der Waals surface area (Å²) in [6.45, 7) is 0. The highest BCUT2D eigenvalue weighted by Crippen LogP contribution is 2.41. The highest BCUT2D eigenvalue weighted by Gasteiger charge is 2.42. The second-order valence-electron chi connectivity index (χ2n) is 2.99. The summed E-state index contributed by atoms with van der Waals surface area (Å²) in [7, 11) is 0. The Morgan fingerprint density at radius 2 is 1.94 bits per heavy atom. The van der Waals surface area contributed by atoms with E-state index in [1.54, 1.807) is 0 Å². The molecule has 0 radical (unpaired) electrons. The van der Waals surface area contributed by atoms with Crippen LogP contribution < -0.4 is 0 Å². The number of aldehydes is 1. The van der Waals surface area contributed by atoms with E-state index in [0.717, 1.165) is 0 Å². The molecular weight excluding hydrogens is 267 g/mol. The number of nitro groups is 1. The van der Waals surface area contributed by atoms with Gasteiger partial charge in [-0.3, -0.25) is 14.9 Å².